The van der Waals surface area contributed by atoms with Crippen molar-refractivity contribution in [1.82, 2.24) is 0 Å². The summed E-state index contributed by atoms with van der Waals surface area (Å²) in [6.45, 7) is 13.2. The van der Waals surface area contributed by atoms with Gasteiger partial charge in [0.1, 0.15) is 5.60 Å². The van der Waals surface area contributed by atoms with Crippen LogP contribution in [0.5, 0.6) is 0 Å². The summed E-state index contributed by atoms with van der Waals surface area (Å²) in [6.07, 6.45) is 6.36. The Kier molecular flexibility index (Phi) is 3.31. The van der Waals surface area contributed by atoms with Gasteiger partial charge in [-0.05, 0) is 56.3 Å². The normalized spacial score (nSPS) is 32.1. The van der Waals surface area contributed by atoms with Gasteiger partial charge in [-0.15, -0.1) is 0 Å². The Hall–Kier alpha value is -0.530. The number of carbonyl (C=O) groups is 1. The first-order chi connectivity index (χ1) is 8.50. The van der Waals surface area contributed by atoms with Gasteiger partial charge >= 0.3 is 5.97 Å². The van der Waals surface area contributed by atoms with Crippen molar-refractivity contribution in [2.75, 3.05) is 0 Å². The van der Waals surface area contributed by atoms with Crippen molar-refractivity contribution in [1.29, 1.82) is 0 Å². The molecule has 1 atom stereocenters. The molecule has 0 radical (unpaired) electrons. The van der Waals surface area contributed by atoms with Crippen LogP contribution in [0.15, 0.2) is 0 Å². The van der Waals surface area contributed by atoms with E-state index in [0.29, 0.717) is 0 Å². The molecule has 0 bridgehead atoms. The predicted octanol–water partition coefficient (Wildman–Crippen LogP) is 4.71. The molecule has 0 saturated heterocycles. The van der Waals surface area contributed by atoms with Gasteiger partial charge < -0.3 is 4.74 Å². The van der Waals surface area contributed by atoms with Gasteiger partial charge in [0.25, 0.3) is 0 Å². The minimum atomic E-state index is -0.239. The highest BCUT2D eigenvalue weighted by Crippen LogP contribution is 2.68. The smallest absolute Gasteiger partial charge is 0.313 e. The first-order valence-electron chi connectivity index (χ1n) is 7.73. The molecule has 0 spiro atoms. The monoisotopic (exact) mass is 266 g/mol. The maximum Gasteiger partial charge on any atom is 0.313 e. The summed E-state index contributed by atoms with van der Waals surface area (Å²) in [7, 11) is 0. The Morgan fingerprint density at radius 2 is 1.58 bits per heavy atom. The van der Waals surface area contributed by atoms with Gasteiger partial charge in [0.15, 0.2) is 0 Å². The molecule has 0 N–H and O–H groups in total. The SMILES string of the molecule is CC(C)(C)CC1(C(=O)OC2(C)CCCC2)CC1(C)C. The fraction of sp³-hybridized carbons (Fsp3) is 0.941. The largest absolute Gasteiger partial charge is 0.459 e. The van der Waals surface area contributed by atoms with Gasteiger partial charge in [-0.2, -0.15) is 0 Å². The molecule has 2 fully saturated rings. The van der Waals surface area contributed by atoms with Crippen molar-refractivity contribution in [2.45, 2.75) is 85.7 Å². The second kappa shape index (κ2) is 4.23. The zero-order chi connectivity index (χ0) is 14.5. The molecule has 2 nitrogen and oxygen atoms in total. The van der Waals surface area contributed by atoms with Crippen LogP contribution >= 0.6 is 0 Å². The topological polar surface area (TPSA) is 26.3 Å². The van der Waals surface area contributed by atoms with Crippen molar-refractivity contribution >= 4 is 5.97 Å². The second-order valence-electron chi connectivity index (χ2n) is 8.93. The van der Waals surface area contributed by atoms with Crippen LogP contribution in [0.2, 0.25) is 0 Å². The molecule has 0 aromatic heterocycles. The minimum absolute atomic E-state index is 0.0665. The molecule has 2 rings (SSSR count). The van der Waals surface area contributed by atoms with Crippen molar-refractivity contribution < 1.29 is 9.53 Å². The Morgan fingerprint density at radius 1 is 1.11 bits per heavy atom. The van der Waals surface area contributed by atoms with Gasteiger partial charge in [0, 0.05) is 0 Å². The summed E-state index contributed by atoms with van der Waals surface area (Å²) < 4.78 is 5.97. The van der Waals surface area contributed by atoms with Gasteiger partial charge in [-0.1, -0.05) is 34.6 Å². The summed E-state index contributed by atoms with van der Waals surface area (Å²) in [4.78, 5) is 12.8. The number of ether oxygens (including phenoxy) is 1. The molecule has 110 valence electrons. The highest BCUT2D eigenvalue weighted by atomic mass is 16.6. The van der Waals surface area contributed by atoms with Crippen LogP contribution in [0.25, 0.3) is 0 Å². The van der Waals surface area contributed by atoms with Crippen molar-refractivity contribution in [2.24, 2.45) is 16.2 Å². The van der Waals surface area contributed by atoms with E-state index in [1.807, 2.05) is 0 Å². The average molecular weight is 266 g/mol. The minimum Gasteiger partial charge on any atom is -0.459 e. The lowest BCUT2D eigenvalue weighted by atomic mass is 9.79. The molecule has 19 heavy (non-hydrogen) atoms. The van der Waals surface area contributed by atoms with E-state index in [-0.39, 0.29) is 27.8 Å². The lowest BCUT2D eigenvalue weighted by molar-refractivity contribution is -0.167. The van der Waals surface area contributed by atoms with E-state index in [0.717, 1.165) is 25.7 Å². The third kappa shape index (κ3) is 2.83. The zero-order valence-electron chi connectivity index (χ0n) is 13.6. The lowest BCUT2D eigenvalue weighted by Gasteiger charge is -2.32. The molecule has 0 aromatic rings. The van der Waals surface area contributed by atoms with E-state index in [1.165, 1.54) is 12.8 Å². The fourth-order valence-electron chi connectivity index (χ4n) is 3.88. The Balaban J connectivity index is 2.11. The molecule has 2 saturated carbocycles. The van der Waals surface area contributed by atoms with Crippen molar-refractivity contribution in [3.05, 3.63) is 0 Å². The number of rotatable bonds is 3. The molecular formula is C17H30O2. The maximum absolute atomic E-state index is 12.8. The van der Waals surface area contributed by atoms with E-state index >= 15 is 0 Å². The van der Waals surface area contributed by atoms with Crippen LogP contribution < -0.4 is 0 Å². The Labute approximate surface area is 118 Å². The van der Waals surface area contributed by atoms with Crippen LogP contribution in [0, 0.1) is 16.2 Å². The van der Waals surface area contributed by atoms with E-state index in [1.54, 1.807) is 0 Å². The molecule has 0 aliphatic heterocycles. The molecule has 2 aliphatic rings. The highest BCUT2D eigenvalue weighted by molar-refractivity contribution is 5.82. The molecule has 0 heterocycles. The number of hydrogen-bond donors (Lipinski definition) is 0. The Morgan fingerprint density at radius 3 is 1.95 bits per heavy atom. The van der Waals surface area contributed by atoms with Crippen molar-refractivity contribution in [3.63, 3.8) is 0 Å². The van der Waals surface area contributed by atoms with Crippen LogP contribution in [0.3, 0.4) is 0 Å². The molecule has 2 aliphatic carbocycles. The Bertz CT molecular complexity index is 369. The summed E-state index contributed by atoms with van der Waals surface area (Å²) in [5.41, 5.74) is -0.160. The zero-order valence-corrected chi connectivity index (χ0v) is 13.6. The highest BCUT2D eigenvalue weighted by Gasteiger charge is 2.68. The summed E-state index contributed by atoms with van der Waals surface area (Å²) in [6, 6.07) is 0. The lowest BCUT2D eigenvalue weighted by Crippen LogP contribution is -2.36. The predicted molar refractivity (Wildman–Crippen MR) is 77.9 cm³/mol. The molecule has 0 aromatic carbocycles. The fourth-order valence-corrected chi connectivity index (χ4v) is 3.88. The number of hydrogen-bond acceptors (Lipinski definition) is 2. The quantitative estimate of drug-likeness (QED) is 0.691. The van der Waals surface area contributed by atoms with Gasteiger partial charge in [0.2, 0.25) is 0 Å². The van der Waals surface area contributed by atoms with E-state index in [4.69, 9.17) is 4.74 Å². The maximum atomic E-state index is 12.8. The van der Waals surface area contributed by atoms with E-state index in [2.05, 4.69) is 41.5 Å². The molecule has 1 unspecified atom stereocenters. The average Bonchev–Trinajstić information content (AvgIpc) is 2.54. The molecular weight excluding hydrogens is 236 g/mol. The second-order valence-corrected chi connectivity index (χ2v) is 8.93. The summed E-state index contributed by atoms with van der Waals surface area (Å²) in [5.74, 6) is 0.0665. The standard InChI is InChI=1S/C17H30O2/c1-14(2,3)11-17(12-15(17,4)5)13(18)19-16(6)9-7-8-10-16/h7-12H2,1-6H3. The van der Waals surface area contributed by atoms with Crippen LogP contribution in [0.1, 0.15) is 80.1 Å². The molecule has 0 amide bonds. The summed E-state index contributed by atoms with van der Waals surface area (Å²) in [5, 5.41) is 0. The van der Waals surface area contributed by atoms with E-state index in [9.17, 15) is 4.79 Å². The van der Waals surface area contributed by atoms with Crippen LogP contribution in [-0.2, 0) is 9.53 Å². The first kappa shape index (κ1) is 14.9. The number of carbonyl (C=O) groups excluding carboxylic acids is 1. The van der Waals surface area contributed by atoms with Crippen LogP contribution in [-0.4, -0.2) is 11.6 Å². The summed E-state index contributed by atoms with van der Waals surface area (Å²) >= 11 is 0. The van der Waals surface area contributed by atoms with Gasteiger partial charge in [-0.25, -0.2) is 0 Å². The third-order valence-electron chi connectivity index (χ3n) is 5.14. The first-order valence-corrected chi connectivity index (χ1v) is 7.73. The van der Waals surface area contributed by atoms with E-state index < -0.39 is 0 Å². The van der Waals surface area contributed by atoms with Gasteiger partial charge in [0.05, 0.1) is 5.41 Å². The van der Waals surface area contributed by atoms with Gasteiger partial charge in [-0.3, -0.25) is 4.79 Å². The third-order valence-corrected chi connectivity index (χ3v) is 5.14. The van der Waals surface area contributed by atoms with Crippen LogP contribution in [0.4, 0.5) is 0 Å². The molecule has 2 heteroatoms. The number of esters is 1. The van der Waals surface area contributed by atoms with Crippen molar-refractivity contribution in [3.8, 4) is 0 Å².